The van der Waals surface area contributed by atoms with E-state index >= 15 is 0 Å². The molecule has 0 bridgehead atoms. The van der Waals surface area contributed by atoms with Gasteiger partial charge in [-0.25, -0.2) is 9.07 Å². The van der Waals surface area contributed by atoms with Crippen molar-refractivity contribution in [3.8, 4) is 0 Å². The highest BCUT2D eigenvalue weighted by molar-refractivity contribution is 9.10. The van der Waals surface area contributed by atoms with E-state index in [1.807, 2.05) is 12.1 Å². The minimum Gasteiger partial charge on any atom is -0.326 e. The second kappa shape index (κ2) is 9.11. The summed E-state index contributed by atoms with van der Waals surface area (Å²) in [6.07, 6.45) is -0.0281. The van der Waals surface area contributed by atoms with E-state index in [0.717, 1.165) is 4.47 Å². The van der Waals surface area contributed by atoms with Gasteiger partial charge in [0.2, 0.25) is 5.91 Å². The Morgan fingerprint density at radius 3 is 2.35 bits per heavy atom. The number of carbonyl (C=O) groups is 1. The molecule has 0 aliphatic rings. The van der Waals surface area contributed by atoms with Crippen molar-refractivity contribution in [3.63, 3.8) is 0 Å². The topological polar surface area (TPSA) is 64.0 Å². The van der Waals surface area contributed by atoms with Gasteiger partial charge in [0, 0.05) is 25.6 Å². The molecule has 4 aromatic rings. The number of hydrogen-bond acceptors (Lipinski definition) is 3. The molecule has 4 rings (SSSR count). The smallest absolute Gasteiger partial charge is 0.274 e. The average molecular weight is 545 g/mol. The number of fused-ring (bicyclic) bond motifs is 1. The first-order chi connectivity index (χ1) is 14.9. The number of nitrogens with zero attached hydrogens (tertiary/aromatic N) is 2. The van der Waals surface area contributed by atoms with Gasteiger partial charge in [0.15, 0.2) is 0 Å². The van der Waals surface area contributed by atoms with Crippen molar-refractivity contribution in [1.29, 1.82) is 0 Å². The molecule has 3 aromatic carbocycles. The Morgan fingerprint density at radius 2 is 1.65 bits per heavy atom. The highest BCUT2D eigenvalue weighted by Crippen LogP contribution is 2.19. The molecule has 0 radical (unpaired) electrons. The number of rotatable bonds is 5. The maximum Gasteiger partial charge on any atom is 0.274 e. The summed E-state index contributed by atoms with van der Waals surface area (Å²) in [5.74, 6) is -0.703. The molecule has 0 fully saturated rings. The van der Waals surface area contributed by atoms with Crippen LogP contribution in [0.15, 0.2) is 80.5 Å². The Kier molecular flexibility index (Phi) is 6.29. The molecule has 1 heterocycles. The van der Waals surface area contributed by atoms with E-state index in [1.165, 1.54) is 10.7 Å². The Labute approximate surface area is 194 Å². The molecule has 8 heteroatoms. The molecular weight excluding hydrogens is 529 g/mol. The van der Waals surface area contributed by atoms with Gasteiger partial charge >= 0.3 is 0 Å². The maximum absolute atomic E-state index is 14.3. The lowest BCUT2D eigenvalue weighted by Crippen LogP contribution is -2.27. The first-order valence-electron chi connectivity index (χ1n) is 9.39. The third kappa shape index (κ3) is 4.91. The van der Waals surface area contributed by atoms with Crippen LogP contribution in [0.4, 0.5) is 10.1 Å². The van der Waals surface area contributed by atoms with Gasteiger partial charge in [-0.05, 0) is 42.5 Å². The molecule has 1 N–H and O–H groups in total. The van der Waals surface area contributed by atoms with E-state index in [1.54, 1.807) is 48.5 Å². The molecule has 1 amide bonds. The van der Waals surface area contributed by atoms with E-state index in [0.29, 0.717) is 32.2 Å². The van der Waals surface area contributed by atoms with Crippen LogP contribution in [-0.2, 0) is 17.8 Å². The van der Waals surface area contributed by atoms with E-state index < -0.39 is 5.82 Å². The van der Waals surface area contributed by atoms with Gasteiger partial charge in [0.1, 0.15) is 5.82 Å². The molecule has 0 saturated heterocycles. The number of anilines is 1. The fourth-order valence-electron chi connectivity index (χ4n) is 3.24. The molecule has 31 heavy (non-hydrogen) atoms. The third-order valence-electron chi connectivity index (χ3n) is 4.74. The average Bonchev–Trinajstić information content (AvgIpc) is 2.75. The van der Waals surface area contributed by atoms with Crippen LogP contribution in [-0.4, -0.2) is 15.7 Å². The van der Waals surface area contributed by atoms with Crippen LogP contribution in [0.2, 0.25) is 0 Å². The summed E-state index contributed by atoms with van der Waals surface area (Å²) in [5, 5.41) is 8.28. The quantitative estimate of drug-likeness (QED) is 0.371. The summed E-state index contributed by atoms with van der Waals surface area (Å²) >= 11 is 6.59. The summed E-state index contributed by atoms with van der Waals surface area (Å²) in [7, 11) is 0. The molecule has 1 aromatic heterocycles. The number of nitrogens with one attached hydrogen (secondary N) is 1. The number of amides is 1. The summed E-state index contributed by atoms with van der Waals surface area (Å²) in [6.45, 7) is -0.0376. The summed E-state index contributed by atoms with van der Waals surface area (Å²) in [4.78, 5) is 25.6. The number of hydrogen-bond donors (Lipinski definition) is 1. The molecule has 156 valence electrons. The van der Waals surface area contributed by atoms with Crippen molar-refractivity contribution >= 4 is 54.2 Å². The van der Waals surface area contributed by atoms with Crippen LogP contribution < -0.4 is 10.9 Å². The van der Waals surface area contributed by atoms with Gasteiger partial charge < -0.3 is 5.32 Å². The molecule has 5 nitrogen and oxygen atoms in total. The van der Waals surface area contributed by atoms with Crippen molar-refractivity contribution in [2.45, 2.75) is 13.0 Å². The zero-order valence-electron chi connectivity index (χ0n) is 16.1. The first kappa shape index (κ1) is 21.4. The van der Waals surface area contributed by atoms with E-state index in [9.17, 15) is 14.0 Å². The fraction of sp³-hybridized carbons (Fsp3) is 0.0870. The van der Waals surface area contributed by atoms with Crippen LogP contribution in [0.3, 0.4) is 0 Å². The minimum atomic E-state index is -0.439. The second-order valence-corrected chi connectivity index (χ2v) is 8.75. The van der Waals surface area contributed by atoms with Crippen LogP contribution in [0.5, 0.6) is 0 Å². The van der Waals surface area contributed by atoms with E-state index in [2.05, 4.69) is 42.3 Å². The fourth-order valence-corrected chi connectivity index (χ4v) is 3.84. The SMILES string of the molecule is O=C(Cc1nn(Cc2ccc(Br)cc2F)c(=O)c2ccccc12)Nc1ccc(Br)cc1. The second-order valence-electron chi connectivity index (χ2n) is 6.92. The lowest BCUT2D eigenvalue weighted by atomic mass is 10.1. The van der Waals surface area contributed by atoms with Crippen LogP contribution in [0, 0.1) is 5.82 Å². The van der Waals surface area contributed by atoms with Crippen LogP contribution in [0.25, 0.3) is 10.8 Å². The standard InChI is InChI=1S/C23H16Br2FN3O2/c24-15-7-9-17(10-8-15)27-22(30)12-21-18-3-1-2-4-19(18)23(31)29(28-21)13-14-5-6-16(25)11-20(14)26/h1-11H,12-13H2,(H,27,30). The van der Waals surface area contributed by atoms with Gasteiger partial charge in [0.05, 0.1) is 24.0 Å². The van der Waals surface area contributed by atoms with Gasteiger partial charge in [0.25, 0.3) is 5.56 Å². The first-order valence-corrected chi connectivity index (χ1v) is 11.0. The Hall–Kier alpha value is -2.84. The molecule has 0 aliphatic heterocycles. The Balaban J connectivity index is 1.69. The van der Waals surface area contributed by atoms with Crippen molar-refractivity contribution in [1.82, 2.24) is 9.78 Å². The highest BCUT2D eigenvalue weighted by Gasteiger charge is 2.15. The zero-order chi connectivity index (χ0) is 22.0. The number of aromatic nitrogens is 2. The predicted molar refractivity (Wildman–Crippen MR) is 126 cm³/mol. The number of benzene rings is 3. The molecule has 0 spiro atoms. The monoisotopic (exact) mass is 543 g/mol. The molecule has 0 saturated carbocycles. The lowest BCUT2D eigenvalue weighted by Gasteiger charge is -2.12. The van der Waals surface area contributed by atoms with Crippen molar-refractivity contribution < 1.29 is 9.18 Å². The molecule has 0 unspecified atom stereocenters. The predicted octanol–water partition coefficient (Wildman–Crippen LogP) is 5.29. The normalized spacial score (nSPS) is 10.9. The van der Waals surface area contributed by atoms with E-state index in [4.69, 9.17) is 0 Å². The summed E-state index contributed by atoms with van der Waals surface area (Å²) in [5.41, 5.74) is 1.10. The number of halogens is 3. The summed E-state index contributed by atoms with van der Waals surface area (Å²) in [6, 6.07) is 18.9. The molecular formula is C23H16Br2FN3O2. The van der Waals surface area contributed by atoms with Crippen molar-refractivity contribution in [2.24, 2.45) is 0 Å². The van der Waals surface area contributed by atoms with Crippen LogP contribution >= 0.6 is 31.9 Å². The maximum atomic E-state index is 14.3. The molecule has 0 aliphatic carbocycles. The third-order valence-corrected chi connectivity index (χ3v) is 5.76. The Bertz CT molecular complexity index is 1340. The van der Waals surface area contributed by atoms with Crippen LogP contribution in [0.1, 0.15) is 11.3 Å². The zero-order valence-corrected chi connectivity index (χ0v) is 19.3. The van der Waals surface area contributed by atoms with E-state index in [-0.39, 0.29) is 24.4 Å². The lowest BCUT2D eigenvalue weighted by molar-refractivity contribution is -0.115. The largest absolute Gasteiger partial charge is 0.326 e. The van der Waals surface area contributed by atoms with Gasteiger partial charge in [-0.1, -0.05) is 56.1 Å². The molecule has 0 atom stereocenters. The van der Waals surface area contributed by atoms with Crippen molar-refractivity contribution in [2.75, 3.05) is 5.32 Å². The number of carbonyl (C=O) groups excluding carboxylic acids is 1. The van der Waals surface area contributed by atoms with Gasteiger partial charge in [-0.2, -0.15) is 5.10 Å². The van der Waals surface area contributed by atoms with Crippen molar-refractivity contribution in [3.05, 3.63) is 103 Å². The summed E-state index contributed by atoms with van der Waals surface area (Å²) < 4.78 is 17.0. The Morgan fingerprint density at radius 1 is 0.968 bits per heavy atom. The minimum absolute atomic E-state index is 0.0281. The van der Waals surface area contributed by atoms with Gasteiger partial charge in [-0.15, -0.1) is 0 Å². The van der Waals surface area contributed by atoms with Gasteiger partial charge in [-0.3, -0.25) is 9.59 Å². The highest BCUT2D eigenvalue weighted by atomic mass is 79.9.